The van der Waals surface area contributed by atoms with Gasteiger partial charge in [0.15, 0.2) is 0 Å². The zero-order valence-corrected chi connectivity index (χ0v) is 28.8. The molecule has 0 heterocycles. The summed E-state index contributed by atoms with van der Waals surface area (Å²) in [6.45, 7) is 4.72. The highest BCUT2D eigenvalue weighted by Crippen LogP contribution is 2.60. The van der Waals surface area contributed by atoms with Gasteiger partial charge in [-0.2, -0.15) is 0 Å². The molecule has 0 spiro atoms. The first-order chi connectivity index (χ1) is 25.1. The number of nitrogens with zero attached hydrogens (tertiary/aromatic N) is 1. The highest BCUT2D eigenvalue weighted by molar-refractivity contribution is 6.05. The van der Waals surface area contributed by atoms with E-state index in [4.69, 9.17) is 0 Å². The third kappa shape index (κ3) is 4.15. The average Bonchev–Trinajstić information content (AvgIpc) is 3.62. The molecule has 0 bridgehead atoms. The quantitative estimate of drug-likeness (QED) is 0.179. The average molecular weight is 652 g/mol. The number of anilines is 3. The van der Waals surface area contributed by atoms with Crippen LogP contribution in [0.25, 0.3) is 33.0 Å². The molecule has 0 N–H and O–H groups in total. The van der Waals surface area contributed by atoms with Crippen molar-refractivity contribution in [1.82, 2.24) is 0 Å². The van der Waals surface area contributed by atoms with Crippen LogP contribution in [0, 0.1) is 0 Å². The summed E-state index contributed by atoms with van der Waals surface area (Å²) in [4.78, 5) is 2.49. The molecule has 2 aliphatic rings. The second-order valence-electron chi connectivity index (χ2n) is 14.5. The second-order valence-corrected chi connectivity index (χ2v) is 14.5. The highest BCUT2D eigenvalue weighted by Gasteiger charge is 2.47. The fourth-order valence-electron chi connectivity index (χ4n) is 9.31. The van der Waals surface area contributed by atoms with E-state index in [1.54, 1.807) is 0 Å². The summed E-state index contributed by atoms with van der Waals surface area (Å²) >= 11 is 0. The minimum Gasteiger partial charge on any atom is -0.310 e. The number of para-hydroxylation sites is 1. The van der Waals surface area contributed by atoms with Crippen LogP contribution in [0.5, 0.6) is 0 Å². The Morgan fingerprint density at radius 1 is 0.392 bits per heavy atom. The molecule has 0 fully saturated rings. The Morgan fingerprint density at radius 3 is 1.75 bits per heavy atom. The maximum absolute atomic E-state index is 2.49. The highest BCUT2D eigenvalue weighted by atomic mass is 15.1. The Morgan fingerprint density at radius 2 is 1.00 bits per heavy atom. The van der Waals surface area contributed by atoms with Crippen LogP contribution < -0.4 is 4.90 Å². The standard InChI is InChI=1S/C50H37N/c1-49(2)42-26-15-14-25-40(42)48-43(49)27-16-28-46(48)51(37-22-10-5-11-23-37)38-30-31-41-45(33-38)50(35-18-6-3-7-19-35,36-20-8-4-9-21-36)44-32-29-34-17-12-13-24-39(34)47(41)44/h3-33H,1-2H3. The van der Waals surface area contributed by atoms with Gasteiger partial charge in [0, 0.05) is 22.4 Å². The predicted octanol–water partition coefficient (Wildman–Crippen LogP) is 13.0. The largest absolute Gasteiger partial charge is 0.310 e. The summed E-state index contributed by atoms with van der Waals surface area (Å²) in [5.41, 5.74) is 16.0. The van der Waals surface area contributed by atoms with E-state index in [0.717, 1.165) is 11.4 Å². The molecular weight excluding hydrogens is 615 g/mol. The van der Waals surface area contributed by atoms with Crippen LogP contribution in [-0.2, 0) is 10.8 Å². The van der Waals surface area contributed by atoms with Gasteiger partial charge in [-0.25, -0.2) is 0 Å². The van der Waals surface area contributed by atoms with Crippen molar-refractivity contribution in [2.75, 3.05) is 4.90 Å². The van der Waals surface area contributed by atoms with Crippen molar-refractivity contribution in [2.24, 2.45) is 0 Å². The molecule has 2 aliphatic carbocycles. The summed E-state index contributed by atoms with van der Waals surface area (Å²) in [5, 5.41) is 2.55. The Balaban J connectivity index is 1.31. The number of hydrogen-bond donors (Lipinski definition) is 0. The van der Waals surface area contributed by atoms with Crippen molar-refractivity contribution in [1.29, 1.82) is 0 Å². The van der Waals surface area contributed by atoms with Crippen LogP contribution in [0.3, 0.4) is 0 Å². The first kappa shape index (κ1) is 29.7. The van der Waals surface area contributed by atoms with E-state index in [2.05, 4.69) is 207 Å². The van der Waals surface area contributed by atoms with Crippen molar-refractivity contribution in [3.05, 3.63) is 221 Å². The Labute approximate surface area is 300 Å². The van der Waals surface area contributed by atoms with E-state index in [1.807, 2.05) is 0 Å². The van der Waals surface area contributed by atoms with Crippen LogP contribution in [0.1, 0.15) is 47.2 Å². The minimum absolute atomic E-state index is 0.0965. The number of rotatable bonds is 5. The third-order valence-electron chi connectivity index (χ3n) is 11.5. The molecule has 10 rings (SSSR count). The molecule has 1 heteroatoms. The minimum atomic E-state index is -0.511. The normalized spacial score (nSPS) is 14.4. The number of benzene rings is 8. The molecule has 0 saturated carbocycles. The maximum atomic E-state index is 2.49. The summed E-state index contributed by atoms with van der Waals surface area (Å²) in [5.74, 6) is 0. The Hall–Kier alpha value is -6.18. The Kier molecular flexibility index (Phi) is 6.51. The maximum Gasteiger partial charge on any atom is 0.0714 e. The van der Waals surface area contributed by atoms with E-state index < -0.39 is 5.41 Å². The molecule has 8 aromatic rings. The summed E-state index contributed by atoms with van der Waals surface area (Å²) in [6, 6.07) is 69.7. The van der Waals surface area contributed by atoms with Crippen LogP contribution >= 0.6 is 0 Å². The topological polar surface area (TPSA) is 3.24 Å². The molecule has 0 unspecified atom stereocenters. The van der Waals surface area contributed by atoms with Crippen molar-refractivity contribution >= 4 is 27.8 Å². The molecule has 0 aliphatic heterocycles. The molecular formula is C50H37N. The van der Waals surface area contributed by atoms with Gasteiger partial charge in [0.2, 0.25) is 0 Å². The summed E-state index contributed by atoms with van der Waals surface area (Å²) < 4.78 is 0. The molecule has 0 radical (unpaired) electrons. The van der Waals surface area contributed by atoms with E-state index in [-0.39, 0.29) is 5.41 Å². The van der Waals surface area contributed by atoms with Gasteiger partial charge in [-0.15, -0.1) is 0 Å². The lowest BCUT2D eigenvalue weighted by Gasteiger charge is -2.35. The first-order valence-electron chi connectivity index (χ1n) is 18.0. The van der Waals surface area contributed by atoms with Crippen LogP contribution in [0.15, 0.2) is 188 Å². The molecule has 242 valence electrons. The molecule has 0 atom stereocenters. The van der Waals surface area contributed by atoms with E-state index in [1.165, 1.54) is 72.1 Å². The fourth-order valence-corrected chi connectivity index (χ4v) is 9.31. The van der Waals surface area contributed by atoms with Crippen molar-refractivity contribution in [2.45, 2.75) is 24.7 Å². The van der Waals surface area contributed by atoms with Gasteiger partial charge in [-0.05, 0) is 91.2 Å². The predicted molar refractivity (Wildman–Crippen MR) is 213 cm³/mol. The van der Waals surface area contributed by atoms with Crippen molar-refractivity contribution in [3.8, 4) is 22.3 Å². The summed E-state index contributed by atoms with van der Waals surface area (Å²) in [6.07, 6.45) is 0. The third-order valence-corrected chi connectivity index (χ3v) is 11.5. The fraction of sp³-hybridized carbons (Fsp3) is 0.0800. The van der Waals surface area contributed by atoms with Crippen LogP contribution in [-0.4, -0.2) is 0 Å². The number of fused-ring (bicyclic) bond motifs is 8. The van der Waals surface area contributed by atoms with Gasteiger partial charge >= 0.3 is 0 Å². The molecule has 8 aromatic carbocycles. The molecule has 1 nitrogen and oxygen atoms in total. The van der Waals surface area contributed by atoms with E-state index in [0.29, 0.717) is 0 Å². The molecule has 0 saturated heterocycles. The monoisotopic (exact) mass is 651 g/mol. The van der Waals surface area contributed by atoms with Crippen LogP contribution in [0.4, 0.5) is 17.1 Å². The zero-order valence-electron chi connectivity index (χ0n) is 28.8. The zero-order chi connectivity index (χ0) is 34.2. The molecule has 0 aromatic heterocycles. The van der Waals surface area contributed by atoms with Gasteiger partial charge in [0.25, 0.3) is 0 Å². The molecule has 0 amide bonds. The lowest BCUT2D eigenvalue weighted by Crippen LogP contribution is -2.28. The van der Waals surface area contributed by atoms with Crippen LogP contribution in [0.2, 0.25) is 0 Å². The smallest absolute Gasteiger partial charge is 0.0714 e. The van der Waals surface area contributed by atoms with E-state index in [9.17, 15) is 0 Å². The van der Waals surface area contributed by atoms with Gasteiger partial charge in [-0.3, -0.25) is 0 Å². The molecule has 51 heavy (non-hydrogen) atoms. The second kappa shape index (κ2) is 11.2. The van der Waals surface area contributed by atoms with Gasteiger partial charge < -0.3 is 4.90 Å². The SMILES string of the molecule is CC1(C)c2ccccc2-c2c(N(c3ccccc3)c3ccc4c(c3)C(c3ccccc3)(c3ccccc3)c3ccc5ccccc5c3-4)cccc21. The first-order valence-corrected chi connectivity index (χ1v) is 18.0. The lowest BCUT2D eigenvalue weighted by molar-refractivity contribution is 0.660. The van der Waals surface area contributed by atoms with Gasteiger partial charge in [0.05, 0.1) is 11.1 Å². The Bertz CT molecular complexity index is 2560. The van der Waals surface area contributed by atoms with Crippen molar-refractivity contribution < 1.29 is 0 Å². The van der Waals surface area contributed by atoms with E-state index >= 15 is 0 Å². The lowest BCUT2D eigenvalue weighted by atomic mass is 9.67. The van der Waals surface area contributed by atoms with Gasteiger partial charge in [0.1, 0.15) is 0 Å². The summed E-state index contributed by atoms with van der Waals surface area (Å²) in [7, 11) is 0. The number of hydrogen-bond acceptors (Lipinski definition) is 1. The van der Waals surface area contributed by atoms with Gasteiger partial charge in [-0.1, -0.05) is 172 Å². The van der Waals surface area contributed by atoms with Crippen molar-refractivity contribution in [3.63, 3.8) is 0 Å².